The van der Waals surface area contributed by atoms with Gasteiger partial charge in [-0.3, -0.25) is 9.10 Å². The number of carbonyl (C=O) groups excluding carboxylic acids is 1. The second-order valence-corrected chi connectivity index (χ2v) is 10.8. The maximum Gasteiger partial charge on any atom is 0.263 e. The van der Waals surface area contributed by atoms with Crippen LogP contribution >= 0.6 is 0 Å². The van der Waals surface area contributed by atoms with E-state index >= 15 is 0 Å². The lowest BCUT2D eigenvalue weighted by Gasteiger charge is -2.35. The van der Waals surface area contributed by atoms with E-state index < -0.39 is 16.1 Å². The zero-order valence-electron chi connectivity index (χ0n) is 18.2. The van der Waals surface area contributed by atoms with Gasteiger partial charge >= 0.3 is 0 Å². The Labute approximate surface area is 179 Å². The molecule has 7 heteroatoms. The van der Waals surface area contributed by atoms with Gasteiger partial charge in [-0.15, -0.1) is 0 Å². The molecule has 1 N–H and O–H groups in total. The van der Waals surface area contributed by atoms with Crippen LogP contribution in [-0.4, -0.2) is 32.7 Å². The highest BCUT2D eigenvalue weighted by Gasteiger charge is 2.36. The lowest BCUT2D eigenvalue weighted by atomic mass is 9.86. The molecule has 3 rings (SSSR count). The Balaban J connectivity index is 1.77. The Hall–Kier alpha value is -2.54. The number of benzene rings is 2. The van der Waals surface area contributed by atoms with Crippen molar-refractivity contribution in [1.29, 1.82) is 0 Å². The van der Waals surface area contributed by atoms with Crippen LogP contribution in [0.3, 0.4) is 0 Å². The average molecular weight is 431 g/mol. The van der Waals surface area contributed by atoms with Gasteiger partial charge in [-0.2, -0.15) is 0 Å². The van der Waals surface area contributed by atoms with Gasteiger partial charge in [0, 0.05) is 0 Å². The number of hydrogen-bond acceptors (Lipinski definition) is 4. The van der Waals surface area contributed by atoms with Gasteiger partial charge in [0.2, 0.25) is 10.0 Å². The molecule has 0 bridgehead atoms. The number of fused-ring (bicyclic) bond motifs is 1. The second kappa shape index (κ2) is 8.30. The fourth-order valence-electron chi connectivity index (χ4n) is 3.42. The normalized spacial score (nSPS) is 17.6. The SMILES string of the molecule is CCS(=O)(=O)N1CC(C(=O)NC(C)c2ccc(C(C)(C)C)cc2)Oc2ccccc21. The summed E-state index contributed by atoms with van der Waals surface area (Å²) in [5.74, 6) is 0.00274. The van der Waals surface area contributed by atoms with E-state index in [1.807, 2.05) is 19.1 Å². The first-order valence-corrected chi connectivity index (χ1v) is 11.8. The van der Waals surface area contributed by atoms with Crippen LogP contribution in [-0.2, 0) is 20.2 Å². The molecule has 2 atom stereocenters. The van der Waals surface area contributed by atoms with Crippen LogP contribution in [0.2, 0.25) is 0 Å². The molecule has 2 unspecified atom stereocenters. The Bertz CT molecular complexity index is 1010. The number of ether oxygens (including phenoxy) is 1. The van der Waals surface area contributed by atoms with Gasteiger partial charge in [-0.25, -0.2) is 8.42 Å². The van der Waals surface area contributed by atoms with Gasteiger partial charge in [0.05, 0.1) is 24.0 Å². The van der Waals surface area contributed by atoms with Crippen molar-refractivity contribution >= 4 is 21.6 Å². The number of para-hydroxylation sites is 2. The Morgan fingerprint density at radius 1 is 1.17 bits per heavy atom. The number of anilines is 1. The molecule has 30 heavy (non-hydrogen) atoms. The van der Waals surface area contributed by atoms with Gasteiger partial charge in [0.25, 0.3) is 5.91 Å². The lowest BCUT2D eigenvalue weighted by Crippen LogP contribution is -2.51. The van der Waals surface area contributed by atoms with Crippen molar-refractivity contribution in [3.63, 3.8) is 0 Å². The number of rotatable bonds is 5. The lowest BCUT2D eigenvalue weighted by molar-refractivity contribution is -0.128. The molecular formula is C23H30N2O4S. The van der Waals surface area contributed by atoms with Crippen LogP contribution in [0.4, 0.5) is 5.69 Å². The van der Waals surface area contributed by atoms with Gasteiger partial charge in [0.1, 0.15) is 5.75 Å². The number of carbonyl (C=O) groups is 1. The van der Waals surface area contributed by atoms with E-state index in [-0.39, 0.29) is 29.7 Å². The van der Waals surface area contributed by atoms with Gasteiger partial charge in [0.15, 0.2) is 6.10 Å². The molecule has 1 aliphatic heterocycles. The summed E-state index contributed by atoms with van der Waals surface area (Å²) in [6.07, 6.45) is -0.919. The molecule has 162 valence electrons. The van der Waals surface area contributed by atoms with Crippen molar-refractivity contribution in [1.82, 2.24) is 5.32 Å². The quantitative estimate of drug-likeness (QED) is 0.783. The molecular weight excluding hydrogens is 400 g/mol. The van der Waals surface area contributed by atoms with Crippen LogP contribution in [0.25, 0.3) is 0 Å². The van der Waals surface area contributed by atoms with Crippen molar-refractivity contribution in [2.75, 3.05) is 16.6 Å². The van der Waals surface area contributed by atoms with E-state index in [2.05, 4.69) is 38.2 Å². The van der Waals surface area contributed by atoms with Gasteiger partial charge < -0.3 is 10.1 Å². The third-order valence-corrected chi connectivity index (χ3v) is 7.11. The molecule has 0 spiro atoms. The Morgan fingerprint density at radius 3 is 2.40 bits per heavy atom. The van der Waals surface area contributed by atoms with E-state index in [1.54, 1.807) is 31.2 Å². The van der Waals surface area contributed by atoms with Crippen LogP contribution in [0.1, 0.15) is 51.8 Å². The minimum Gasteiger partial charge on any atom is -0.476 e. The zero-order valence-corrected chi connectivity index (χ0v) is 19.0. The maximum atomic E-state index is 12.9. The standard InChI is InChI=1S/C23H30N2O4S/c1-6-30(27,28)25-15-21(29-20-10-8-7-9-19(20)25)22(26)24-16(2)17-11-13-18(14-12-17)23(3,4)5/h7-14,16,21H,6,15H2,1-5H3,(H,24,26). The first kappa shape index (κ1) is 22.2. The summed E-state index contributed by atoms with van der Waals surface area (Å²) < 4.78 is 32.3. The highest BCUT2D eigenvalue weighted by Crippen LogP contribution is 2.35. The number of hydrogen-bond donors (Lipinski definition) is 1. The predicted molar refractivity (Wildman–Crippen MR) is 119 cm³/mol. The van der Waals surface area contributed by atoms with Crippen LogP contribution in [0.15, 0.2) is 48.5 Å². The third kappa shape index (κ3) is 4.61. The summed E-state index contributed by atoms with van der Waals surface area (Å²) in [4.78, 5) is 12.9. The molecule has 1 amide bonds. The summed E-state index contributed by atoms with van der Waals surface area (Å²) in [6, 6.07) is 14.8. The molecule has 0 aliphatic carbocycles. The molecule has 1 aliphatic rings. The molecule has 0 saturated heterocycles. The summed E-state index contributed by atoms with van der Waals surface area (Å²) in [6.45, 7) is 9.91. The van der Waals surface area contributed by atoms with Crippen molar-refractivity contribution in [2.45, 2.75) is 52.2 Å². The summed E-state index contributed by atoms with van der Waals surface area (Å²) >= 11 is 0. The third-order valence-electron chi connectivity index (χ3n) is 5.36. The smallest absolute Gasteiger partial charge is 0.263 e. The number of sulfonamides is 1. The van der Waals surface area contributed by atoms with Crippen LogP contribution in [0.5, 0.6) is 5.75 Å². The monoisotopic (exact) mass is 430 g/mol. The number of amides is 1. The van der Waals surface area contributed by atoms with E-state index in [0.717, 1.165) is 5.56 Å². The van der Waals surface area contributed by atoms with Gasteiger partial charge in [-0.05, 0) is 42.5 Å². The van der Waals surface area contributed by atoms with Crippen molar-refractivity contribution in [3.8, 4) is 5.75 Å². The molecule has 6 nitrogen and oxygen atoms in total. The number of nitrogens with zero attached hydrogens (tertiary/aromatic N) is 1. The molecule has 0 fully saturated rings. The Kier molecular flexibility index (Phi) is 6.13. The molecule has 1 heterocycles. The van der Waals surface area contributed by atoms with Crippen LogP contribution in [0, 0.1) is 0 Å². The molecule has 0 radical (unpaired) electrons. The van der Waals surface area contributed by atoms with Crippen molar-refractivity contribution < 1.29 is 17.9 Å². The van der Waals surface area contributed by atoms with Crippen molar-refractivity contribution in [2.24, 2.45) is 0 Å². The topological polar surface area (TPSA) is 75.7 Å². The molecule has 2 aromatic carbocycles. The molecule has 0 aromatic heterocycles. The second-order valence-electron chi connectivity index (χ2n) is 8.61. The molecule has 2 aromatic rings. The fourth-order valence-corrected chi connectivity index (χ4v) is 4.54. The molecule has 0 saturated carbocycles. The van der Waals surface area contributed by atoms with E-state index in [9.17, 15) is 13.2 Å². The van der Waals surface area contributed by atoms with Crippen molar-refractivity contribution in [3.05, 3.63) is 59.7 Å². The van der Waals surface area contributed by atoms with Gasteiger partial charge in [-0.1, -0.05) is 57.2 Å². The minimum atomic E-state index is -3.53. The minimum absolute atomic E-state index is 0.0469. The maximum absolute atomic E-state index is 12.9. The summed E-state index contributed by atoms with van der Waals surface area (Å²) in [5, 5.41) is 2.96. The first-order chi connectivity index (χ1) is 14.0. The van der Waals surface area contributed by atoms with Crippen LogP contribution < -0.4 is 14.4 Å². The highest BCUT2D eigenvalue weighted by atomic mass is 32.2. The average Bonchev–Trinajstić information content (AvgIpc) is 2.72. The number of nitrogens with one attached hydrogen (secondary N) is 1. The zero-order chi connectivity index (χ0) is 22.1. The first-order valence-electron chi connectivity index (χ1n) is 10.2. The summed E-state index contributed by atoms with van der Waals surface area (Å²) in [7, 11) is -3.53. The van der Waals surface area contributed by atoms with E-state index in [4.69, 9.17) is 4.74 Å². The fraction of sp³-hybridized carbons (Fsp3) is 0.435. The van der Waals surface area contributed by atoms with E-state index in [1.165, 1.54) is 9.87 Å². The predicted octanol–water partition coefficient (Wildman–Crippen LogP) is 3.78. The summed E-state index contributed by atoms with van der Waals surface area (Å²) in [5.41, 5.74) is 2.72. The highest BCUT2D eigenvalue weighted by molar-refractivity contribution is 7.92. The van der Waals surface area contributed by atoms with E-state index in [0.29, 0.717) is 11.4 Å². The largest absolute Gasteiger partial charge is 0.476 e. The Morgan fingerprint density at radius 2 is 1.80 bits per heavy atom.